The van der Waals surface area contributed by atoms with Crippen molar-refractivity contribution in [3.05, 3.63) is 59.6 Å². The van der Waals surface area contributed by atoms with Crippen molar-refractivity contribution in [3.63, 3.8) is 0 Å². The first-order chi connectivity index (χ1) is 11.2. The smallest absolute Gasteiger partial charge is 0.255 e. The summed E-state index contributed by atoms with van der Waals surface area (Å²) in [4.78, 5) is 13.4. The lowest BCUT2D eigenvalue weighted by Crippen LogP contribution is -2.35. The molecule has 2 aromatic heterocycles. The van der Waals surface area contributed by atoms with Crippen LogP contribution >= 0.6 is 11.3 Å². The third-order valence-electron chi connectivity index (χ3n) is 3.39. The molecule has 0 fully saturated rings. The van der Waals surface area contributed by atoms with Crippen LogP contribution < -0.4 is 5.32 Å². The van der Waals surface area contributed by atoms with Crippen molar-refractivity contribution in [1.82, 2.24) is 15.1 Å². The Morgan fingerprint density at radius 3 is 2.74 bits per heavy atom. The summed E-state index contributed by atoms with van der Waals surface area (Å²) in [6.45, 7) is 1.65. The fourth-order valence-electron chi connectivity index (χ4n) is 2.20. The van der Waals surface area contributed by atoms with Crippen LogP contribution in [-0.4, -0.2) is 33.4 Å². The average molecular weight is 327 g/mol. The summed E-state index contributed by atoms with van der Waals surface area (Å²) in [7, 11) is 0. The molecule has 0 bridgehead atoms. The number of para-hydroxylation sites is 1. The van der Waals surface area contributed by atoms with Crippen LogP contribution in [0.2, 0.25) is 0 Å². The van der Waals surface area contributed by atoms with Crippen LogP contribution in [-0.2, 0) is 0 Å². The van der Waals surface area contributed by atoms with E-state index in [1.54, 1.807) is 17.8 Å². The molecule has 6 heteroatoms. The predicted molar refractivity (Wildman–Crippen MR) is 90.9 cm³/mol. The molecule has 2 N–H and O–H groups in total. The zero-order valence-corrected chi connectivity index (χ0v) is 13.5. The molecule has 5 nitrogen and oxygen atoms in total. The number of amides is 1. The van der Waals surface area contributed by atoms with Crippen molar-refractivity contribution in [3.8, 4) is 16.3 Å². The van der Waals surface area contributed by atoms with Gasteiger partial charge in [-0.25, -0.2) is 4.68 Å². The van der Waals surface area contributed by atoms with Crippen molar-refractivity contribution >= 4 is 17.2 Å². The highest BCUT2D eigenvalue weighted by Crippen LogP contribution is 2.27. The maximum absolute atomic E-state index is 12.5. The number of hydrogen-bond acceptors (Lipinski definition) is 4. The number of hydrogen-bond donors (Lipinski definition) is 2. The van der Waals surface area contributed by atoms with E-state index < -0.39 is 0 Å². The zero-order chi connectivity index (χ0) is 16.2. The number of carbonyl (C=O) groups is 1. The Balaban J connectivity index is 2.03. The molecular formula is C17H17N3O2S. The number of benzene rings is 1. The van der Waals surface area contributed by atoms with E-state index >= 15 is 0 Å². The van der Waals surface area contributed by atoms with Gasteiger partial charge in [-0.1, -0.05) is 24.3 Å². The molecule has 3 rings (SSSR count). The first kappa shape index (κ1) is 15.5. The molecular weight excluding hydrogens is 310 g/mol. The van der Waals surface area contributed by atoms with Crippen molar-refractivity contribution in [2.24, 2.45) is 0 Å². The first-order valence-corrected chi connectivity index (χ1v) is 8.17. The highest BCUT2D eigenvalue weighted by atomic mass is 32.1. The number of nitrogens with one attached hydrogen (secondary N) is 1. The van der Waals surface area contributed by atoms with Gasteiger partial charge in [-0.3, -0.25) is 4.79 Å². The van der Waals surface area contributed by atoms with Crippen LogP contribution in [0.4, 0.5) is 0 Å². The van der Waals surface area contributed by atoms with Gasteiger partial charge in [-0.2, -0.15) is 5.10 Å². The molecule has 1 atom stereocenters. The summed E-state index contributed by atoms with van der Waals surface area (Å²) < 4.78 is 1.70. The Kier molecular flexibility index (Phi) is 4.55. The molecule has 0 radical (unpaired) electrons. The maximum Gasteiger partial charge on any atom is 0.255 e. The van der Waals surface area contributed by atoms with Gasteiger partial charge in [0.15, 0.2) is 0 Å². The van der Waals surface area contributed by atoms with E-state index in [0.717, 1.165) is 10.6 Å². The molecule has 118 valence electrons. The Morgan fingerprint density at radius 2 is 2.09 bits per heavy atom. The van der Waals surface area contributed by atoms with Gasteiger partial charge in [0.25, 0.3) is 5.91 Å². The van der Waals surface area contributed by atoms with Gasteiger partial charge in [-0.15, -0.1) is 11.3 Å². The minimum atomic E-state index is -0.307. The molecule has 0 saturated carbocycles. The van der Waals surface area contributed by atoms with E-state index in [1.165, 1.54) is 11.3 Å². The fourth-order valence-corrected chi connectivity index (χ4v) is 2.92. The number of thiophene rings is 1. The number of aliphatic hydroxyl groups is 1. The summed E-state index contributed by atoms with van der Waals surface area (Å²) in [5, 5.41) is 18.4. The van der Waals surface area contributed by atoms with Crippen LogP contribution in [0.15, 0.2) is 54.0 Å². The highest BCUT2D eigenvalue weighted by molar-refractivity contribution is 7.13. The topological polar surface area (TPSA) is 67.2 Å². The van der Waals surface area contributed by atoms with Crippen molar-refractivity contribution < 1.29 is 9.90 Å². The molecule has 23 heavy (non-hydrogen) atoms. The summed E-state index contributed by atoms with van der Waals surface area (Å²) in [5.41, 5.74) is 2.03. The summed E-state index contributed by atoms with van der Waals surface area (Å²) in [6, 6.07) is 13.2. The number of nitrogens with zero attached hydrogens (tertiary/aromatic N) is 2. The van der Waals surface area contributed by atoms with Crippen LogP contribution in [0.1, 0.15) is 17.3 Å². The average Bonchev–Trinajstić information content (AvgIpc) is 3.24. The molecule has 0 aliphatic heterocycles. The quantitative estimate of drug-likeness (QED) is 0.757. The Hall–Kier alpha value is -2.44. The SMILES string of the molecule is CC(CO)NC(=O)c1cn(-c2ccccc2)nc1-c1cccs1. The van der Waals surface area contributed by atoms with Gasteiger partial charge in [0.05, 0.1) is 22.7 Å². The van der Waals surface area contributed by atoms with Gasteiger partial charge in [-0.05, 0) is 30.5 Å². The van der Waals surface area contributed by atoms with Crippen molar-refractivity contribution in [2.75, 3.05) is 6.61 Å². The van der Waals surface area contributed by atoms with E-state index in [4.69, 9.17) is 5.11 Å². The van der Waals surface area contributed by atoms with E-state index in [2.05, 4.69) is 10.4 Å². The molecule has 3 aromatic rings. The lowest BCUT2D eigenvalue weighted by molar-refractivity contribution is 0.0923. The molecule has 0 spiro atoms. The minimum absolute atomic E-state index is 0.104. The Bertz CT molecular complexity index is 782. The van der Waals surface area contributed by atoms with Gasteiger partial charge in [0.1, 0.15) is 5.69 Å². The molecule has 1 aromatic carbocycles. The van der Waals surface area contributed by atoms with Gasteiger partial charge in [0.2, 0.25) is 0 Å². The molecule has 1 amide bonds. The molecule has 1 unspecified atom stereocenters. The van der Waals surface area contributed by atoms with E-state index in [0.29, 0.717) is 11.3 Å². The second-order valence-electron chi connectivity index (χ2n) is 5.21. The van der Waals surface area contributed by atoms with E-state index in [-0.39, 0.29) is 18.6 Å². The second kappa shape index (κ2) is 6.76. The van der Waals surface area contributed by atoms with Crippen LogP contribution in [0.3, 0.4) is 0 Å². The van der Waals surface area contributed by atoms with Gasteiger partial charge >= 0.3 is 0 Å². The van der Waals surface area contributed by atoms with Crippen LogP contribution in [0.25, 0.3) is 16.3 Å². The van der Waals surface area contributed by atoms with Crippen LogP contribution in [0.5, 0.6) is 0 Å². The Morgan fingerprint density at radius 1 is 1.30 bits per heavy atom. The predicted octanol–water partition coefficient (Wildman–Crippen LogP) is 2.71. The fraction of sp³-hybridized carbons (Fsp3) is 0.176. The van der Waals surface area contributed by atoms with E-state index in [1.807, 2.05) is 47.8 Å². The number of rotatable bonds is 5. The third kappa shape index (κ3) is 3.33. The van der Waals surface area contributed by atoms with Crippen molar-refractivity contribution in [2.45, 2.75) is 13.0 Å². The normalized spacial score (nSPS) is 12.1. The monoisotopic (exact) mass is 327 g/mol. The first-order valence-electron chi connectivity index (χ1n) is 7.29. The van der Waals surface area contributed by atoms with Gasteiger partial charge < -0.3 is 10.4 Å². The standard InChI is InChI=1S/C17H17N3O2S/c1-12(11-21)18-17(22)14-10-20(13-6-3-2-4-7-13)19-16(14)15-8-5-9-23-15/h2-10,12,21H,11H2,1H3,(H,18,22). The number of aromatic nitrogens is 2. The van der Waals surface area contributed by atoms with Crippen LogP contribution in [0, 0.1) is 0 Å². The third-order valence-corrected chi connectivity index (χ3v) is 4.26. The Labute approximate surface area is 138 Å². The molecule has 0 aliphatic carbocycles. The molecule has 2 heterocycles. The summed E-state index contributed by atoms with van der Waals surface area (Å²) >= 11 is 1.54. The summed E-state index contributed by atoms with van der Waals surface area (Å²) in [6.07, 6.45) is 1.73. The largest absolute Gasteiger partial charge is 0.394 e. The number of carbonyl (C=O) groups excluding carboxylic acids is 1. The number of aliphatic hydroxyl groups excluding tert-OH is 1. The van der Waals surface area contributed by atoms with Crippen molar-refractivity contribution in [1.29, 1.82) is 0 Å². The molecule has 0 saturated heterocycles. The zero-order valence-electron chi connectivity index (χ0n) is 12.6. The molecule has 0 aliphatic rings. The maximum atomic E-state index is 12.5. The lowest BCUT2D eigenvalue weighted by atomic mass is 10.2. The minimum Gasteiger partial charge on any atom is -0.394 e. The highest BCUT2D eigenvalue weighted by Gasteiger charge is 2.20. The second-order valence-corrected chi connectivity index (χ2v) is 6.15. The lowest BCUT2D eigenvalue weighted by Gasteiger charge is -2.10. The van der Waals surface area contributed by atoms with E-state index in [9.17, 15) is 4.79 Å². The van der Waals surface area contributed by atoms with Gasteiger partial charge in [0, 0.05) is 12.2 Å². The summed E-state index contributed by atoms with van der Waals surface area (Å²) in [5.74, 6) is -0.239.